The summed E-state index contributed by atoms with van der Waals surface area (Å²) < 4.78 is 11.2. The molecule has 2 aromatic heterocycles. The number of carbonyl (C=O) groups is 1. The molecular formula is C22H25N3O3S. The van der Waals surface area contributed by atoms with Crippen LogP contribution in [0.5, 0.6) is 11.6 Å². The van der Waals surface area contributed by atoms with Crippen LogP contribution < -0.4 is 14.8 Å². The van der Waals surface area contributed by atoms with Crippen molar-refractivity contribution in [3.8, 4) is 22.2 Å². The third kappa shape index (κ3) is 6.02. The highest BCUT2D eigenvalue weighted by Gasteiger charge is 2.12. The number of hydrogen-bond acceptors (Lipinski definition) is 6. The maximum Gasteiger partial charge on any atom is 0.226 e. The summed E-state index contributed by atoms with van der Waals surface area (Å²) in [5.41, 5.74) is 2.60. The van der Waals surface area contributed by atoms with E-state index >= 15 is 0 Å². The van der Waals surface area contributed by atoms with Gasteiger partial charge in [0, 0.05) is 24.2 Å². The van der Waals surface area contributed by atoms with Crippen LogP contribution in [0.3, 0.4) is 0 Å². The maximum atomic E-state index is 12.3. The number of ether oxygens (including phenoxy) is 2. The largest absolute Gasteiger partial charge is 0.493 e. The first kappa shape index (κ1) is 20.8. The van der Waals surface area contributed by atoms with Crippen LogP contribution in [0, 0.1) is 0 Å². The van der Waals surface area contributed by atoms with Crippen molar-refractivity contribution < 1.29 is 14.3 Å². The Morgan fingerprint density at radius 3 is 2.76 bits per heavy atom. The molecule has 0 saturated carbocycles. The van der Waals surface area contributed by atoms with Gasteiger partial charge in [0.1, 0.15) is 10.8 Å². The number of rotatable bonds is 9. The highest BCUT2D eigenvalue weighted by molar-refractivity contribution is 7.13. The van der Waals surface area contributed by atoms with Gasteiger partial charge < -0.3 is 14.8 Å². The van der Waals surface area contributed by atoms with Crippen LogP contribution in [-0.4, -0.2) is 28.6 Å². The molecule has 0 aliphatic heterocycles. The van der Waals surface area contributed by atoms with E-state index in [4.69, 9.17) is 9.47 Å². The van der Waals surface area contributed by atoms with Crippen molar-refractivity contribution in [2.24, 2.45) is 0 Å². The molecule has 3 rings (SSSR count). The van der Waals surface area contributed by atoms with Gasteiger partial charge >= 0.3 is 0 Å². The Bertz CT molecular complexity index is 938. The minimum atomic E-state index is -0.0811. The first-order chi connectivity index (χ1) is 14.0. The third-order valence-electron chi connectivity index (χ3n) is 3.95. The number of nitrogens with one attached hydrogen (secondary N) is 1. The van der Waals surface area contributed by atoms with Gasteiger partial charge in [-0.2, -0.15) is 0 Å². The molecule has 0 atom stereocenters. The number of hydrogen-bond donors (Lipinski definition) is 1. The van der Waals surface area contributed by atoms with Gasteiger partial charge in [-0.15, -0.1) is 11.3 Å². The number of pyridine rings is 1. The smallest absolute Gasteiger partial charge is 0.226 e. The Morgan fingerprint density at radius 2 is 2.03 bits per heavy atom. The fourth-order valence-corrected chi connectivity index (χ4v) is 3.54. The fourth-order valence-electron chi connectivity index (χ4n) is 2.69. The molecule has 152 valence electrons. The van der Waals surface area contributed by atoms with Gasteiger partial charge in [0.15, 0.2) is 0 Å². The standard InChI is InChI=1S/C22H25N3O3S/c1-4-27-19-8-6-5-7-18(19)22-25-17(14-29-22)11-20(26)23-12-16-9-10-21(24-13-16)28-15(2)3/h5-10,13-15H,4,11-12H2,1-3H3,(H,23,26). The van der Waals surface area contributed by atoms with Gasteiger partial charge in [-0.1, -0.05) is 18.2 Å². The van der Waals surface area contributed by atoms with E-state index in [-0.39, 0.29) is 18.4 Å². The van der Waals surface area contributed by atoms with Crippen LogP contribution in [0.4, 0.5) is 0 Å². The molecule has 0 spiro atoms. The van der Waals surface area contributed by atoms with E-state index in [1.807, 2.05) is 62.5 Å². The van der Waals surface area contributed by atoms with Gasteiger partial charge in [0.05, 0.1) is 30.4 Å². The molecule has 0 radical (unpaired) electrons. The number of thiazole rings is 1. The lowest BCUT2D eigenvalue weighted by molar-refractivity contribution is -0.120. The summed E-state index contributed by atoms with van der Waals surface area (Å²) in [4.78, 5) is 21.1. The zero-order valence-corrected chi connectivity index (χ0v) is 17.7. The molecule has 2 heterocycles. The second-order valence-electron chi connectivity index (χ2n) is 6.70. The molecular weight excluding hydrogens is 386 g/mol. The van der Waals surface area contributed by atoms with E-state index in [1.54, 1.807) is 6.20 Å². The van der Waals surface area contributed by atoms with Crippen molar-refractivity contribution in [2.75, 3.05) is 6.61 Å². The first-order valence-electron chi connectivity index (χ1n) is 9.60. The zero-order valence-electron chi connectivity index (χ0n) is 16.8. The van der Waals surface area contributed by atoms with Crippen LogP contribution in [0.15, 0.2) is 48.0 Å². The Labute approximate surface area is 174 Å². The summed E-state index contributed by atoms with van der Waals surface area (Å²) in [7, 11) is 0. The van der Waals surface area contributed by atoms with Crippen molar-refractivity contribution in [1.82, 2.24) is 15.3 Å². The molecule has 0 aliphatic carbocycles. The number of amides is 1. The summed E-state index contributed by atoms with van der Waals surface area (Å²) >= 11 is 1.51. The molecule has 0 bridgehead atoms. The molecule has 7 heteroatoms. The van der Waals surface area contributed by atoms with Gasteiger partial charge in [-0.3, -0.25) is 4.79 Å². The average molecular weight is 412 g/mol. The lowest BCUT2D eigenvalue weighted by atomic mass is 10.2. The highest BCUT2D eigenvalue weighted by atomic mass is 32.1. The van der Waals surface area contributed by atoms with E-state index in [0.29, 0.717) is 19.0 Å². The monoisotopic (exact) mass is 411 g/mol. The SMILES string of the molecule is CCOc1ccccc1-c1nc(CC(=O)NCc2ccc(OC(C)C)nc2)cs1. The molecule has 3 aromatic rings. The molecule has 1 N–H and O–H groups in total. The lowest BCUT2D eigenvalue weighted by Gasteiger charge is -2.09. The maximum absolute atomic E-state index is 12.3. The molecule has 29 heavy (non-hydrogen) atoms. The summed E-state index contributed by atoms with van der Waals surface area (Å²) in [6.45, 7) is 6.87. The van der Waals surface area contributed by atoms with E-state index in [2.05, 4.69) is 15.3 Å². The number of carbonyl (C=O) groups excluding carboxylic acids is 1. The quantitative estimate of drug-likeness (QED) is 0.570. The number of benzene rings is 1. The Morgan fingerprint density at radius 1 is 1.21 bits per heavy atom. The molecule has 6 nitrogen and oxygen atoms in total. The second-order valence-corrected chi connectivity index (χ2v) is 7.56. The molecule has 0 fully saturated rings. The highest BCUT2D eigenvalue weighted by Crippen LogP contribution is 2.32. The second kappa shape index (κ2) is 10.0. The minimum absolute atomic E-state index is 0.0801. The van der Waals surface area contributed by atoms with E-state index in [0.717, 1.165) is 27.6 Å². The van der Waals surface area contributed by atoms with Crippen molar-refractivity contribution in [1.29, 1.82) is 0 Å². The average Bonchev–Trinajstić information content (AvgIpc) is 3.16. The van der Waals surface area contributed by atoms with E-state index in [9.17, 15) is 4.79 Å². The zero-order chi connectivity index (χ0) is 20.6. The predicted molar refractivity (Wildman–Crippen MR) is 114 cm³/mol. The van der Waals surface area contributed by atoms with Crippen LogP contribution in [0.25, 0.3) is 10.6 Å². The fraction of sp³-hybridized carbons (Fsp3) is 0.318. The van der Waals surface area contributed by atoms with Crippen LogP contribution in [0.1, 0.15) is 32.0 Å². The number of aromatic nitrogens is 2. The Balaban J connectivity index is 1.55. The Kier molecular flexibility index (Phi) is 7.19. The molecule has 0 unspecified atom stereocenters. The third-order valence-corrected chi connectivity index (χ3v) is 4.88. The normalized spacial score (nSPS) is 10.8. The molecule has 1 amide bonds. The van der Waals surface area contributed by atoms with Gasteiger partial charge in [-0.05, 0) is 38.5 Å². The number of nitrogens with zero attached hydrogens (tertiary/aromatic N) is 2. The van der Waals surface area contributed by atoms with Crippen molar-refractivity contribution in [2.45, 2.75) is 39.8 Å². The van der Waals surface area contributed by atoms with Crippen molar-refractivity contribution >= 4 is 17.2 Å². The van der Waals surface area contributed by atoms with Crippen LogP contribution >= 0.6 is 11.3 Å². The number of para-hydroxylation sites is 1. The van der Waals surface area contributed by atoms with Crippen LogP contribution in [0.2, 0.25) is 0 Å². The van der Waals surface area contributed by atoms with Gasteiger partial charge in [0.2, 0.25) is 11.8 Å². The molecule has 0 saturated heterocycles. The van der Waals surface area contributed by atoms with E-state index < -0.39 is 0 Å². The van der Waals surface area contributed by atoms with Crippen molar-refractivity contribution in [3.05, 3.63) is 59.2 Å². The topological polar surface area (TPSA) is 73.3 Å². The summed E-state index contributed by atoms with van der Waals surface area (Å²) in [6.07, 6.45) is 2.02. The van der Waals surface area contributed by atoms with E-state index in [1.165, 1.54) is 11.3 Å². The van der Waals surface area contributed by atoms with Gasteiger partial charge in [0.25, 0.3) is 0 Å². The summed E-state index contributed by atoms with van der Waals surface area (Å²) in [6, 6.07) is 11.5. The summed E-state index contributed by atoms with van der Waals surface area (Å²) in [5, 5.41) is 5.67. The molecule has 1 aromatic carbocycles. The van der Waals surface area contributed by atoms with Gasteiger partial charge in [-0.25, -0.2) is 9.97 Å². The summed E-state index contributed by atoms with van der Waals surface area (Å²) in [5.74, 6) is 1.30. The molecule has 0 aliphatic rings. The van der Waals surface area contributed by atoms with Crippen molar-refractivity contribution in [3.63, 3.8) is 0 Å². The van der Waals surface area contributed by atoms with Crippen LogP contribution in [-0.2, 0) is 17.8 Å². The predicted octanol–water partition coefficient (Wildman–Crippen LogP) is 4.25. The Hall–Kier alpha value is -2.93. The first-order valence-corrected chi connectivity index (χ1v) is 10.5. The minimum Gasteiger partial charge on any atom is -0.493 e. The lowest BCUT2D eigenvalue weighted by Crippen LogP contribution is -2.24.